The van der Waals surface area contributed by atoms with E-state index in [0.717, 1.165) is 58.9 Å². The van der Waals surface area contributed by atoms with E-state index in [0.29, 0.717) is 28.3 Å². The van der Waals surface area contributed by atoms with Gasteiger partial charge in [0.2, 0.25) is 0 Å². The molecule has 3 N–H and O–H groups in total. The molecule has 0 spiro atoms. The van der Waals surface area contributed by atoms with Gasteiger partial charge in [-0.15, -0.1) is 11.3 Å². The fourth-order valence-corrected chi connectivity index (χ4v) is 6.12. The van der Waals surface area contributed by atoms with Crippen molar-refractivity contribution in [3.63, 3.8) is 0 Å². The maximum absolute atomic E-state index is 13.5. The number of pyridine rings is 1. The molecule has 1 amide bonds. The summed E-state index contributed by atoms with van der Waals surface area (Å²) >= 11 is 3.25. The summed E-state index contributed by atoms with van der Waals surface area (Å²) in [6, 6.07) is 13.6. The summed E-state index contributed by atoms with van der Waals surface area (Å²) in [4.78, 5) is 38.5. The van der Waals surface area contributed by atoms with Crippen LogP contribution in [0.3, 0.4) is 0 Å². The second kappa shape index (κ2) is 12.0. The molecule has 1 atom stereocenters. The molecule has 0 saturated heterocycles. The van der Waals surface area contributed by atoms with Crippen LogP contribution < -0.4 is 10.6 Å². The molecule has 5 rings (SSSR count). The lowest BCUT2D eigenvalue weighted by atomic mass is 9.84. The molecule has 0 aliphatic heterocycles. The molecule has 38 heavy (non-hydrogen) atoms. The highest BCUT2D eigenvalue weighted by Crippen LogP contribution is 2.41. The molecule has 1 aliphatic rings. The van der Waals surface area contributed by atoms with Crippen LogP contribution in [0.5, 0.6) is 0 Å². The number of hydrogen-bond acceptors (Lipinski definition) is 7. The molecule has 9 heteroatoms. The minimum Gasteiger partial charge on any atom is -0.356 e. The second-order valence-electron chi connectivity index (χ2n) is 9.73. The van der Waals surface area contributed by atoms with Crippen molar-refractivity contribution in [1.29, 1.82) is 0 Å². The molecule has 3 aromatic heterocycles. The lowest BCUT2D eigenvalue weighted by Gasteiger charge is -2.22. The molecule has 1 aromatic carbocycles. The summed E-state index contributed by atoms with van der Waals surface area (Å²) in [6.07, 6.45) is 6.77. The molecule has 1 aliphatic carbocycles. The molecule has 7 nitrogen and oxygen atoms in total. The van der Waals surface area contributed by atoms with Gasteiger partial charge in [-0.05, 0) is 60.4 Å². The fraction of sp³-hybridized carbons (Fsp3) is 0.310. The van der Waals surface area contributed by atoms with E-state index >= 15 is 0 Å². The van der Waals surface area contributed by atoms with Gasteiger partial charge in [0.05, 0.1) is 28.7 Å². The third kappa shape index (κ3) is 6.16. The number of carbonyl (C=O) groups excluding carboxylic acids is 2. The van der Waals surface area contributed by atoms with E-state index < -0.39 is 0 Å². The Morgan fingerprint density at radius 1 is 1.21 bits per heavy atom. The van der Waals surface area contributed by atoms with Crippen LogP contribution >= 0.6 is 23.1 Å². The number of anilines is 3. The molecule has 0 saturated carbocycles. The number of hydrogen-bond donors (Lipinski definition) is 3. The maximum Gasteiger partial charge on any atom is 0.268 e. The number of fused-ring (bicyclic) bond motifs is 1. The van der Waals surface area contributed by atoms with E-state index in [-0.39, 0.29) is 11.7 Å². The van der Waals surface area contributed by atoms with Gasteiger partial charge in [-0.25, -0.2) is 4.98 Å². The molecule has 196 valence electrons. The van der Waals surface area contributed by atoms with Gasteiger partial charge in [0.15, 0.2) is 5.78 Å². The average Bonchev–Trinajstić information content (AvgIpc) is 3.57. The quantitative estimate of drug-likeness (QED) is 0.182. The van der Waals surface area contributed by atoms with Crippen LogP contribution in [0.2, 0.25) is 0 Å². The summed E-state index contributed by atoms with van der Waals surface area (Å²) in [6.45, 7) is 4.44. The first-order chi connectivity index (χ1) is 18.5. The van der Waals surface area contributed by atoms with Crippen LogP contribution in [-0.4, -0.2) is 37.6 Å². The van der Waals surface area contributed by atoms with Crippen LogP contribution in [0.4, 0.5) is 17.2 Å². The summed E-state index contributed by atoms with van der Waals surface area (Å²) in [7, 11) is 0. The number of amides is 1. The van der Waals surface area contributed by atoms with E-state index in [9.17, 15) is 9.59 Å². The van der Waals surface area contributed by atoms with Gasteiger partial charge >= 0.3 is 0 Å². The SMILES string of the molecule is CC(C)SCCCC1CC(=O)c2c([nH]c(-c3ccnc(NC(=O)c4cncs4)c3)c2Nc2ccccc2)C1. The monoisotopic (exact) mass is 545 g/mol. The first-order valence-corrected chi connectivity index (χ1v) is 14.8. The van der Waals surface area contributed by atoms with Crippen LogP contribution in [-0.2, 0) is 6.42 Å². The molecule has 3 heterocycles. The molecular weight excluding hydrogens is 514 g/mol. The topological polar surface area (TPSA) is 99.8 Å². The Hall–Kier alpha value is -3.43. The number of carbonyl (C=O) groups is 2. The Kier molecular flexibility index (Phi) is 8.24. The number of rotatable bonds is 10. The standard InChI is InChI=1S/C29H31N5O2S2/c1-18(2)37-12-6-7-19-13-22-26(23(35)14-19)28(32-21-8-4-3-5-9-21)27(33-22)20-10-11-31-25(15-20)34-29(36)24-16-30-17-38-24/h3-5,8-11,15-19,32-33H,6-7,12-14H2,1-2H3,(H,31,34,36). The summed E-state index contributed by atoms with van der Waals surface area (Å²) in [5.74, 6) is 1.82. The largest absolute Gasteiger partial charge is 0.356 e. The number of Topliss-reactive ketones (excluding diaryl/α,β-unsaturated/α-hetero) is 1. The highest BCUT2D eigenvalue weighted by molar-refractivity contribution is 7.99. The summed E-state index contributed by atoms with van der Waals surface area (Å²) in [5, 5.41) is 6.99. The molecule has 0 fully saturated rings. The summed E-state index contributed by atoms with van der Waals surface area (Å²) < 4.78 is 0. The Balaban J connectivity index is 1.44. The minimum atomic E-state index is -0.251. The highest BCUT2D eigenvalue weighted by atomic mass is 32.2. The number of benzene rings is 1. The highest BCUT2D eigenvalue weighted by Gasteiger charge is 2.31. The normalized spacial score (nSPS) is 14.9. The maximum atomic E-state index is 13.5. The molecule has 1 unspecified atom stereocenters. The number of aromatic nitrogens is 3. The molecule has 0 radical (unpaired) electrons. The van der Waals surface area contributed by atoms with Gasteiger partial charge in [-0.3, -0.25) is 14.6 Å². The number of thiazole rings is 1. The predicted octanol–water partition coefficient (Wildman–Crippen LogP) is 7.20. The number of nitrogens with one attached hydrogen (secondary N) is 3. The first kappa shape index (κ1) is 26.2. The number of ketones is 1. The zero-order valence-electron chi connectivity index (χ0n) is 21.5. The van der Waals surface area contributed by atoms with Crippen molar-refractivity contribution in [3.8, 4) is 11.3 Å². The van der Waals surface area contributed by atoms with Gasteiger partial charge in [0, 0.05) is 29.6 Å². The van der Waals surface area contributed by atoms with Crippen LogP contribution in [0.1, 0.15) is 58.8 Å². The molecule has 0 bridgehead atoms. The van der Waals surface area contributed by atoms with E-state index in [4.69, 9.17) is 0 Å². The molecule has 4 aromatic rings. The Morgan fingerprint density at radius 3 is 2.82 bits per heavy atom. The number of aromatic amines is 1. The van der Waals surface area contributed by atoms with Gasteiger partial charge in [-0.2, -0.15) is 11.8 Å². The minimum absolute atomic E-state index is 0.168. The van der Waals surface area contributed by atoms with Crippen molar-refractivity contribution < 1.29 is 9.59 Å². The van der Waals surface area contributed by atoms with E-state index in [1.54, 1.807) is 11.7 Å². The van der Waals surface area contributed by atoms with Crippen LogP contribution in [0.25, 0.3) is 11.3 Å². The van der Waals surface area contributed by atoms with Crippen molar-refractivity contribution in [3.05, 3.63) is 76.5 Å². The third-order valence-electron chi connectivity index (χ3n) is 6.52. The van der Waals surface area contributed by atoms with Crippen LogP contribution in [0.15, 0.2) is 60.4 Å². The van der Waals surface area contributed by atoms with E-state index in [1.807, 2.05) is 54.2 Å². The second-order valence-corrected chi connectivity index (χ2v) is 12.3. The average molecular weight is 546 g/mol. The smallest absolute Gasteiger partial charge is 0.268 e. The van der Waals surface area contributed by atoms with E-state index in [2.05, 4.69) is 39.4 Å². The van der Waals surface area contributed by atoms with Gasteiger partial charge in [0.1, 0.15) is 10.7 Å². The van der Waals surface area contributed by atoms with Crippen LogP contribution in [0, 0.1) is 5.92 Å². The van der Waals surface area contributed by atoms with Crippen molar-refractivity contribution >= 4 is 52.0 Å². The van der Waals surface area contributed by atoms with Crippen molar-refractivity contribution in [1.82, 2.24) is 15.0 Å². The number of nitrogens with zero attached hydrogens (tertiary/aromatic N) is 2. The Morgan fingerprint density at radius 2 is 2.05 bits per heavy atom. The van der Waals surface area contributed by atoms with Crippen molar-refractivity contribution in [2.75, 3.05) is 16.4 Å². The third-order valence-corrected chi connectivity index (χ3v) is 8.48. The van der Waals surface area contributed by atoms with Crippen molar-refractivity contribution in [2.24, 2.45) is 5.92 Å². The zero-order chi connectivity index (χ0) is 26.5. The van der Waals surface area contributed by atoms with Gasteiger partial charge < -0.3 is 15.6 Å². The number of thioether (sulfide) groups is 1. The zero-order valence-corrected chi connectivity index (χ0v) is 23.1. The lowest BCUT2D eigenvalue weighted by molar-refractivity contribution is 0.0946. The Labute approximate surface area is 230 Å². The van der Waals surface area contributed by atoms with Gasteiger partial charge in [0.25, 0.3) is 5.91 Å². The predicted molar refractivity (Wildman–Crippen MR) is 157 cm³/mol. The molecular formula is C29H31N5O2S2. The van der Waals surface area contributed by atoms with E-state index in [1.165, 1.54) is 17.5 Å². The lowest BCUT2D eigenvalue weighted by Crippen LogP contribution is -2.20. The summed E-state index contributed by atoms with van der Waals surface area (Å²) in [5.41, 5.74) is 6.67. The van der Waals surface area contributed by atoms with Crippen molar-refractivity contribution in [2.45, 2.75) is 44.8 Å². The fourth-order valence-electron chi connectivity index (χ4n) is 4.80. The van der Waals surface area contributed by atoms with Gasteiger partial charge in [-0.1, -0.05) is 32.0 Å². The number of H-pyrrole nitrogens is 1. The first-order valence-electron chi connectivity index (χ1n) is 12.9. The number of para-hydroxylation sites is 1. The Bertz CT molecular complexity index is 1400.